The summed E-state index contributed by atoms with van der Waals surface area (Å²) in [5.41, 5.74) is 9.66. The first-order valence-corrected chi connectivity index (χ1v) is 13.3. The lowest BCUT2D eigenvalue weighted by Crippen LogP contribution is -2.40. The van der Waals surface area contributed by atoms with Crippen LogP contribution in [0.25, 0.3) is 17.2 Å². The van der Waals surface area contributed by atoms with Crippen LogP contribution < -0.4 is 0 Å². The number of allylic oxidation sites excluding steroid dienone is 1. The van der Waals surface area contributed by atoms with Gasteiger partial charge >= 0.3 is 5.97 Å². The van der Waals surface area contributed by atoms with Crippen molar-refractivity contribution in [3.8, 4) is 0 Å². The molecule has 3 nitrogen and oxygen atoms in total. The van der Waals surface area contributed by atoms with Crippen molar-refractivity contribution in [1.29, 1.82) is 0 Å². The number of halogens is 2. The van der Waals surface area contributed by atoms with Crippen molar-refractivity contribution >= 4 is 34.8 Å². The minimum Gasteiger partial charge on any atom is -0.478 e. The van der Waals surface area contributed by atoms with E-state index in [0.717, 1.165) is 65.9 Å². The topological polar surface area (TPSA) is 40.5 Å². The maximum absolute atomic E-state index is 12.4. The van der Waals surface area contributed by atoms with E-state index in [0.29, 0.717) is 17.0 Å². The number of aromatic carboxylic acids is 1. The smallest absolute Gasteiger partial charge is 0.335 e. The third-order valence-corrected chi connectivity index (χ3v) is 7.67. The Hall–Kier alpha value is -3.21. The van der Waals surface area contributed by atoms with Crippen molar-refractivity contribution in [3.63, 3.8) is 0 Å². The van der Waals surface area contributed by atoms with Crippen LogP contribution in [0.3, 0.4) is 0 Å². The Morgan fingerprint density at radius 2 is 1.76 bits per heavy atom. The number of hydrogen-bond acceptors (Lipinski definition) is 2. The molecule has 1 unspecified atom stereocenters. The molecule has 0 aromatic heterocycles. The van der Waals surface area contributed by atoms with Crippen molar-refractivity contribution in [2.45, 2.75) is 26.2 Å². The molecule has 1 N–H and O–H groups in total. The first-order chi connectivity index (χ1) is 17.9. The van der Waals surface area contributed by atoms with Crippen LogP contribution in [0.1, 0.15) is 57.9 Å². The maximum Gasteiger partial charge on any atom is 0.335 e. The second-order valence-corrected chi connectivity index (χ2v) is 10.5. The standard InChI is InChI=1S/C32H31ClFNO2/c1-21-3-6-26-18-27(32(36)37)11-14-29(26)31(30(21)24-9-12-28(33)13-10-24)25-7-4-22(5-8-25)17-23-19-35(20-23)16-2-15-34/h4-5,7-14,17-18,21H,2-3,6,15-16,19-20H2,1H3,(H,36,37). The molecule has 1 saturated heterocycles. The molecule has 1 atom stereocenters. The molecule has 1 heterocycles. The number of carboxylic acid groups (broad SMARTS) is 1. The van der Waals surface area contributed by atoms with E-state index >= 15 is 0 Å². The second-order valence-electron chi connectivity index (χ2n) is 10.1. The molecule has 5 rings (SSSR count). The second kappa shape index (κ2) is 11.0. The predicted octanol–water partition coefficient (Wildman–Crippen LogP) is 7.64. The summed E-state index contributed by atoms with van der Waals surface area (Å²) in [6, 6.07) is 22.2. The highest BCUT2D eigenvalue weighted by atomic mass is 35.5. The van der Waals surface area contributed by atoms with E-state index in [4.69, 9.17) is 11.6 Å². The normalized spacial score (nSPS) is 17.7. The number of fused-ring (bicyclic) bond motifs is 1. The van der Waals surface area contributed by atoms with Gasteiger partial charge in [0.1, 0.15) is 0 Å². The molecule has 3 aromatic carbocycles. The summed E-state index contributed by atoms with van der Waals surface area (Å²) in [5, 5.41) is 10.3. The first-order valence-electron chi connectivity index (χ1n) is 12.9. The van der Waals surface area contributed by atoms with Gasteiger partial charge in [-0.15, -0.1) is 0 Å². The molecule has 37 heavy (non-hydrogen) atoms. The van der Waals surface area contributed by atoms with Crippen LogP contribution in [0.5, 0.6) is 0 Å². The predicted molar refractivity (Wildman–Crippen MR) is 150 cm³/mol. The first kappa shape index (κ1) is 25.4. The largest absolute Gasteiger partial charge is 0.478 e. The molecule has 3 aromatic rings. The van der Waals surface area contributed by atoms with Gasteiger partial charge < -0.3 is 5.11 Å². The van der Waals surface area contributed by atoms with Crippen LogP contribution in [0, 0.1) is 5.92 Å². The Balaban J connectivity index is 1.56. The molecule has 0 radical (unpaired) electrons. The summed E-state index contributed by atoms with van der Waals surface area (Å²) in [7, 11) is 0. The van der Waals surface area contributed by atoms with Crippen LogP contribution >= 0.6 is 11.6 Å². The summed E-state index contributed by atoms with van der Waals surface area (Å²) in [6.45, 7) is 4.62. The molecule has 190 valence electrons. The van der Waals surface area contributed by atoms with Crippen LogP contribution in [-0.2, 0) is 6.42 Å². The minimum atomic E-state index is -0.903. The number of benzene rings is 3. The van der Waals surface area contributed by atoms with Gasteiger partial charge in [0.15, 0.2) is 0 Å². The Labute approximate surface area is 222 Å². The van der Waals surface area contributed by atoms with Gasteiger partial charge in [-0.2, -0.15) is 0 Å². The molecule has 1 aliphatic carbocycles. The van der Waals surface area contributed by atoms with E-state index in [1.54, 1.807) is 6.07 Å². The van der Waals surface area contributed by atoms with E-state index in [1.807, 2.05) is 24.3 Å². The van der Waals surface area contributed by atoms with Gasteiger partial charge in [-0.1, -0.05) is 67.1 Å². The zero-order valence-electron chi connectivity index (χ0n) is 21.0. The molecule has 1 fully saturated rings. The number of nitrogens with zero attached hydrogens (tertiary/aromatic N) is 1. The van der Waals surface area contributed by atoms with Gasteiger partial charge in [0.2, 0.25) is 0 Å². The SMILES string of the molecule is CC1CCc2cc(C(=O)O)ccc2C(c2ccc(C=C3CN(CCCF)C3)cc2)=C1c1ccc(Cl)cc1. The van der Waals surface area contributed by atoms with E-state index in [-0.39, 0.29) is 12.6 Å². The molecule has 0 bridgehead atoms. The number of hydrogen-bond donors (Lipinski definition) is 1. The van der Waals surface area contributed by atoms with E-state index in [2.05, 4.69) is 54.3 Å². The summed E-state index contributed by atoms with van der Waals surface area (Å²) in [4.78, 5) is 13.9. The van der Waals surface area contributed by atoms with E-state index in [1.165, 1.54) is 11.1 Å². The fourth-order valence-electron chi connectivity index (χ4n) is 5.50. The van der Waals surface area contributed by atoms with E-state index < -0.39 is 5.97 Å². The van der Waals surface area contributed by atoms with Crippen LogP contribution in [0.2, 0.25) is 5.02 Å². The summed E-state index contributed by atoms with van der Waals surface area (Å²) < 4.78 is 12.4. The van der Waals surface area contributed by atoms with Crippen molar-refractivity contribution in [2.75, 3.05) is 26.3 Å². The monoisotopic (exact) mass is 515 g/mol. The van der Waals surface area contributed by atoms with Crippen molar-refractivity contribution in [1.82, 2.24) is 4.90 Å². The van der Waals surface area contributed by atoms with Gasteiger partial charge in [0.25, 0.3) is 0 Å². The third kappa shape index (κ3) is 5.56. The average molecular weight is 516 g/mol. The Morgan fingerprint density at radius 1 is 1.05 bits per heavy atom. The lowest BCUT2D eigenvalue weighted by Gasteiger charge is -2.33. The molecular formula is C32H31ClFNO2. The zero-order valence-corrected chi connectivity index (χ0v) is 21.8. The Kier molecular flexibility index (Phi) is 7.59. The number of carboxylic acids is 1. The van der Waals surface area contributed by atoms with Crippen LogP contribution in [0.4, 0.5) is 4.39 Å². The van der Waals surface area contributed by atoms with Crippen molar-refractivity contribution < 1.29 is 14.3 Å². The van der Waals surface area contributed by atoms with Gasteiger partial charge in [0, 0.05) is 24.7 Å². The quantitative estimate of drug-likeness (QED) is 0.351. The highest BCUT2D eigenvalue weighted by Gasteiger charge is 2.25. The number of alkyl halides is 1. The molecule has 0 spiro atoms. The van der Waals surface area contributed by atoms with Gasteiger partial charge in [-0.05, 0) is 94.0 Å². The molecule has 1 aliphatic heterocycles. The summed E-state index contributed by atoms with van der Waals surface area (Å²) in [6.07, 6.45) is 4.58. The molecule has 5 heteroatoms. The highest BCUT2D eigenvalue weighted by molar-refractivity contribution is 6.30. The lowest BCUT2D eigenvalue weighted by molar-refractivity contribution is 0.0696. The number of carbonyl (C=O) groups is 1. The van der Waals surface area contributed by atoms with Crippen molar-refractivity contribution in [3.05, 3.63) is 111 Å². The minimum absolute atomic E-state index is 0.260. The summed E-state index contributed by atoms with van der Waals surface area (Å²) in [5.74, 6) is -0.621. The zero-order chi connectivity index (χ0) is 25.9. The average Bonchev–Trinajstić information content (AvgIpc) is 3.02. The lowest BCUT2D eigenvalue weighted by atomic mass is 9.83. The molecule has 2 aliphatic rings. The fourth-order valence-corrected chi connectivity index (χ4v) is 5.62. The highest BCUT2D eigenvalue weighted by Crippen LogP contribution is 2.43. The van der Waals surface area contributed by atoms with E-state index in [9.17, 15) is 14.3 Å². The van der Waals surface area contributed by atoms with Crippen molar-refractivity contribution in [2.24, 2.45) is 5.92 Å². The number of likely N-dealkylation sites (tertiary alicyclic amines) is 1. The maximum atomic E-state index is 12.4. The number of rotatable bonds is 7. The Morgan fingerprint density at radius 3 is 2.43 bits per heavy atom. The molecule has 0 saturated carbocycles. The number of aryl methyl sites for hydroxylation is 1. The van der Waals surface area contributed by atoms with Crippen LogP contribution in [-0.4, -0.2) is 42.3 Å². The molecular weight excluding hydrogens is 485 g/mol. The fraction of sp³-hybridized carbons (Fsp3) is 0.281. The Bertz CT molecular complexity index is 1350. The van der Waals surface area contributed by atoms with Crippen LogP contribution in [0.15, 0.2) is 72.3 Å². The van der Waals surface area contributed by atoms with Gasteiger partial charge in [-0.25, -0.2) is 4.79 Å². The van der Waals surface area contributed by atoms with Gasteiger partial charge in [0.05, 0.1) is 12.2 Å². The van der Waals surface area contributed by atoms with Gasteiger partial charge in [-0.3, -0.25) is 9.29 Å². The molecule has 0 amide bonds. The summed E-state index contributed by atoms with van der Waals surface area (Å²) >= 11 is 6.21. The third-order valence-electron chi connectivity index (χ3n) is 7.42.